The van der Waals surface area contributed by atoms with Crippen LogP contribution in [-0.2, 0) is 22.4 Å². The maximum atomic E-state index is 12.0. The number of carbonyl (C=O) groups is 3. The topological polar surface area (TPSA) is 129 Å². The molecule has 0 aromatic heterocycles. The van der Waals surface area contributed by atoms with Crippen LogP contribution in [0.25, 0.3) is 0 Å². The summed E-state index contributed by atoms with van der Waals surface area (Å²) in [6.07, 6.45) is 3.48. The first-order valence-corrected chi connectivity index (χ1v) is 12.9. The molecular weight excluding hydrogens is 492 g/mol. The number of aliphatic carboxylic acids is 2. The number of ketones is 1. The minimum Gasteiger partial charge on any atom is -0.496 e. The van der Waals surface area contributed by atoms with E-state index >= 15 is 0 Å². The summed E-state index contributed by atoms with van der Waals surface area (Å²) in [5.74, 6) is 0.482. The molecule has 0 radical (unpaired) electrons. The molecule has 0 bridgehead atoms. The molecule has 9 heteroatoms. The third kappa shape index (κ3) is 9.61. The molecule has 0 aliphatic carbocycles. The Labute approximate surface area is 223 Å². The van der Waals surface area contributed by atoms with Crippen LogP contribution < -0.4 is 18.9 Å². The van der Waals surface area contributed by atoms with Crippen LogP contribution in [0.15, 0.2) is 30.3 Å². The van der Waals surface area contributed by atoms with Crippen molar-refractivity contribution in [2.75, 3.05) is 26.9 Å². The number of methoxy groups -OCH3 is 1. The molecule has 0 saturated carbocycles. The molecule has 208 valence electrons. The van der Waals surface area contributed by atoms with E-state index in [1.807, 2.05) is 6.92 Å². The minimum absolute atomic E-state index is 0.0654. The highest BCUT2D eigenvalue weighted by molar-refractivity contribution is 5.97. The van der Waals surface area contributed by atoms with Gasteiger partial charge in [0.25, 0.3) is 0 Å². The number of ether oxygens (including phenoxy) is 4. The molecule has 2 rings (SSSR count). The fourth-order valence-corrected chi connectivity index (χ4v) is 4.02. The summed E-state index contributed by atoms with van der Waals surface area (Å²) in [5.41, 5.74) is 2.07. The van der Waals surface area contributed by atoms with Gasteiger partial charge in [-0.1, -0.05) is 19.4 Å². The lowest BCUT2D eigenvalue weighted by Crippen LogP contribution is -2.10. The largest absolute Gasteiger partial charge is 0.496 e. The van der Waals surface area contributed by atoms with Gasteiger partial charge in [0.1, 0.15) is 23.0 Å². The normalized spacial score (nSPS) is 10.6. The molecule has 0 saturated heterocycles. The van der Waals surface area contributed by atoms with Gasteiger partial charge < -0.3 is 29.2 Å². The third-order valence-electron chi connectivity index (χ3n) is 5.83. The summed E-state index contributed by atoms with van der Waals surface area (Å²) < 4.78 is 23.4. The van der Waals surface area contributed by atoms with Gasteiger partial charge in [-0.05, 0) is 56.9 Å². The van der Waals surface area contributed by atoms with E-state index in [-0.39, 0.29) is 25.0 Å². The summed E-state index contributed by atoms with van der Waals surface area (Å²) in [7, 11) is 1.55. The van der Waals surface area contributed by atoms with Crippen LogP contribution in [0.4, 0.5) is 0 Å². The Morgan fingerprint density at radius 1 is 0.737 bits per heavy atom. The van der Waals surface area contributed by atoms with Gasteiger partial charge in [-0.2, -0.15) is 0 Å². The molecule has 0 amide bonds. The van der Waals surface area contributed by atoms with Crippen molar-refractivity contribution in [2.45, 2.75) is 65.2 Å². The second-order valence-electron chi connectivity index (χ2n) is 8.81. The first-order chi connectivity index (χ1) is 18.3. The van der Waals surface area contributed by atoms with Crippen molar-refractivity contribution < 1.29 is 43.5 Å². The van der Waals surface area contributed by atoms with Gasteiger partial charge in [-0.15, -0.1) is 0 Å². The maximum absolute atomic E-state index is 12.0. The Balaban J connectivity index is 2.01. The Morgan fingerprint density at radius 2 is 1.32 bits per heavy atom. The predicted octanol–water partition coefficient (Wildman–Crippen LogP) is 5.35. The van der Waals surface area contributed by atoms with E-state index in [0.29, 0.717) is 79.6 Å². The van der Waals surface area contributed by atoms with Gasteiger partial charge in [0.15, 0.2) is 5.78 Å². The first-order valence-electron chi connectivity index (χ1n) is 12.9. The summed E-state index contributed by atoms with van der Waals surface area (Å²) in [5, 5.41) is 17.9. The second-order valence-corrected chi connectivity index (χ2v) is 8.81. The average molecular weight is 531 g/mol. The van der Waals surface area contributed by atoms with Gasteiger partial charge in [-0.3, -0.25) is 14.4 Å². The van der Waals surface area contributed by atoms with Crippen LogP contribution >= 0.6 is 0 Å². The summed E-state index contributed by atoms with van der Waals surface area (Å²) >= 11 is 0. The van der Waals surface area contributed by atoms with Crippen LogP contribution in [0, 0.1) is 0 Å². The maximum Gasteiger partial charge on any atom is 0.303 e. The first kappa shape index (κ1) is 30.5. The Kier molecular flexibility index (Phi) is 13.0. The lowest BCUT2D eigenvalue weighted by molar-refractivity contribution is -0.138. The fraction of sp³-hybridized carbons (Fsp3) is 0.483. The highest BCUT2D eigenvalue weighted by Gasteiger charge is 2.18. The third-order valence-corrected chi connectivity index (χ3v) is 5.83. The molecule has 0 aliphatic rings. The van der Waals surface area contributed by atoms with E-state index in [1.54, 1.807) is 37.4 Å². The molecule has 38 heavy (non-hydrogen) atoms. The molecule has 2 N–H and O–H groups in total. The molecule has 0 heterocycles. The SMILES string of the molecule is CCCc1c(OCCCOc2cccc(OCCCCC(=O)O)c2CCC(=O)O)ccc(C(C)=O)c1OC. The van der Waals surface area contributed by atoms with E-state index in [9.17, 15) is 19.5 Å². The van der Waals surface area contributed by atoms with Crippen molar-refractivity contribution in [1.29, 1.82) is 0 Å². The summed E-state index contributed by atoms with van der Waals surface area (Å²) in [4.78, 5) is 33.8. The van der Waals surface area contributed by atoms with Crippen molar-refractivity contribution in [3.05, 3.63) is 47.0 Å². The van der Waals surface area contributed by atoms with E-state index in [2.05, 4.69) is 0 Å². The minimum atomic E-state index is -0.922. The van der Waals surface area contributed by atoms with Crippen LogP contribution in [0.2, 0.25) is 0 Å². The van der Waals surface area contributed by atoms with E-state index in [4.69, 9.17) is 24.1 Å². The molecule has 0 atom stereocenters. The van der Waals surface area contributed by atoms with Crippen molar-refractivity contribution in [1.82, 2.24) is 0 Å². The highest BCUT2D eigenvalue weighted by Crippen LogP contribution is 2.34. The number of hydrogen-bond acceptors (Lipinski definition) is 7. The second kappa shape index (κ2) is 16.2. The molecule has 0 spiro atoms. The van der Waals surface area contributed by atoms with Crippen molar-refractivity contribution in [3.8, 4) is 23.0 Å². The zero-order valence-corrected chi connectivity index (χ0v) is 22.4. The number of carboxylic acids is 2. The predicted molar refractivity (Wildman–Crippen MR) is 142 cm³/mol. The average Bonchev–Trinajstić information content (AvgIpc) is 2.87. The van der Waals surface area contributed by atoms with E-state index in [0.717, 1.165) is 12.0 Å². The lowest BCUT2D eigenvalue weighted by atomic mass is 10.0. The molecule has 2 aromatic carbocycles. The number of carbonyl (C=O) groups excluding carboxylic acids is 1. The molecule has 2 aromatic rings. The number of carboxylic acid groups (broad SMARTS) is 2. The van der Waals surface area contributed by atoms with Gasteiger partial charge in [-0.25, -0.2) is 0 Å². The van der Waals surface area contributed by atoms with Crippen molar-refractivity contribution >= 4 is 17.7 Å². The monoisotopic (exact) mass is 530 g/mol. The quantitative estimate of drug-likeness (QED) is 0.182. The van der Waals surface area contributed by atoms with Gasteiger partial charge in [0.05, 0.1) is 32.5 Å². The Hall–Kier alpha value is -3.75. The van der Waals surface area contributed by atoms with E-state index in [1.165, 1.54) is 6.92 Å². The summed E-state index contributed by atoms with van der Waals surface area (Å²) in [6, 6.07) is 8.83. The van der Waals surface area contributed by atoms with Gasteiger partial charge >= 0.3 is 11.9 Å². The molecule has 0 aliphatic heterocycles. The smallest absolute Gasteiger partial charge is 0.303 e. The molecular formula is C29H38O9. The van der Waals surface area contributed by atoms with Gasteiger partial charge in [0, 0.05) is 30.4 Å². The van der Waals surface area contributed by atoms with Crippen molar-refractivity contribution in [3.63, 3.8) is 0 Å². The van der Waals surface area contributed by atoms with E-state index < -0.39 is 11.9 Å². The summed E-state index contributed by atoms with van der Waals surface area (Å²) in [6.45, 7) is 4.61. The number of benzene rings is 2. The number of hydrogen-bond donors (Lipinski definition) is 2. The molecule has 0 fully saturated rings. The fourth-order valence-electron chi connectivity index (χ4n) is 4.02. The van der Waals surface area contributed by atoms with Crippen molar-refractivity contribution in [2.24, 2.45) is 0 Å². The van der Waals surface area contributed by atoms with Gasteiger partial charge in [0.2, 0.25) is 0 Å². The Morgan fingerprint density at radius 3 is 1.84 bits per heavy atom. The van der Waals surface area contributed by atoms with Crippen LogP contribution in [0.1, 0.15) is 73.9 Å². The zero-order chi connectivity index (χ0) is 27.9. The van der Waals surface area contributed by atoms with Crippen LogP contribution in [0.5, 0.6) is 23.0 Å². The lowest BCUT2D eigenvalue weighted by Gasteiger charge is -2.18. The van der Waals surface area contributed by atoms with Crippen LogP contribution in [-0.4, -0.2) is 54.9 Å². The highest BCUT2D eigenvalue weighted by atomic mass is 16.5. The number of unbranched alkanes of at least 4 members (excludes halogenated alkanes) is 1. The molecule has 0 unspecified atom stereocenters. The Bertz CT molecular complexity index is 1080. The number of rotatable bonds is 19. The standard InChI is InChI=1S/C29H38O9/c1-4-9-23-26(15-13-21(20(2)30)29(23)35-3)38-19-8-18-37-25-11-7-10-24(22(25)14-16-28(33)34)36-17-6-5-12-27(31)32/h7,10-11,13,15H,4-6,8-9,12,14,16-19H2,1-3H3,(H,31,32)(H,33,34). The molecule has 9 nitrogen and oxygen atoms in total. The number of Topliss-reactive ketones (excluding diaryl/α,β-unsaturated/α-hetero) is 1. The van der Waals surface area contributed by atoms with Crippen LogP contribution in [0.3, 0.4) is 0 Å². The zero-order valence-electron chi connectivity index (χ0n) is 22.4.